The highest BCUT2D eigenvalue weighted by atomic mass is 127. The van der Waals surface area contributed by atoms with E-state index in [2.05, 4.69) is 32.3 Å². The van der Waals surface area contributed by atoms with Gasteiger partial charge in [-0.05, 0) is 50.6 Å². The highest BCUT2D eigenvalue weighted by Gasteiger charge is 2.23. The molecular weight excluding hydrogens is 441 g/mol. The van der Waals surface area contributed by atoms with Crippen LogP contribution in [-0.2, 0) is 4.79 Å². The predicted octanol–water partition coefficient (Wildman–Crippen LogP) is 2.15. The van der Waals surface area contributed by atoms with E-state index < -0.39 is 0 Å². The third-order valence-corrected chi connectivity index (χ3v) is 5.51. The van der Waals surface area contributed by atoms with Crippen LogP contribution < -0.4 is 10.6 Å². The molecule has 1 atom stereocenters. The largest absolute Gasteiger partial charge is 0.359 e. The molecule has 2 aliphatic heterocycles. The number of guanidine groups is 1. The van der Waals surface area contributed by atoms with Crippen molar-refractivity contribution in [2.45, 2.75) is 45.4 Å². The second kappa shape index (κ2) is 12.8. The van der Waals surface area contributed by atoms with Gasteiger partial charge in [0.25, 0.3) is 0 Å². The first-order valence-corrected chi connectivity index (χ1v) is 10.0. The Kier molecular flexibility index (Phi) is 11.5. The molecule has 2 heterocycles. The van der Waals surface area contributed by atoms with Crippen molar-refractivity contribution in [1.82, 2.24) is 20.4 Å². The molecule has 26 heavy (non-hydrogen) atoms. The maximum atomic E-state index is 11.5. The van der Waals surface area contributed by atoms with E-state index in [1.165, 1.54) is 38.9 Å². The zero-order chi connectivity index (χ0) is 18.1. The van der Waals surface area contributed by atoms with E-state index in [1.807, 2.05) is 7.05 Å². The van der Waals surface area contributed by atoms with Gasteiger partial charge in [0.2, 0.25) is 5.91 Å². The van der Waals surface area contributed by atoms with Crippen LogP contribution in [0.3, 0.4) is 0 Å². The fourth-order valence-corrected chi connectivity index (χ4v) is 3.96. The van der Waals surface area contributed by atoms with Crippen LogP contribution in [0, 0.1) is 11.8 Å². The minimum absolute atomic E-state index is 0. The van der Waals surface area contributed by atoms with Crippen LogP contribution in [0.1, 0.15) is 45.4 Å². The Bertz CT molecular complexity index is 432. The van der Waals surface area contributed by atoms with Crippen LogP contribution in [0.15, 0.2) is 4.99 Å². The Hall–Kier alpha value is -0.570. The molecular formula is C19H38IN5O. The first kappa shape index (κ1) is 23.5. The van der Waals surface area contributed by atoms with E-state index >= 15 is 0 Å². The van der Waals surface area contributed by atoms with E-state index in [4.69, 9.17) is 0 Å². The smallest absolute Gasteiger partial charge is 0.220 e. The summed E-state index contributed by atoms with van der Waals surface area (Å²) >= 11 is 0. The molecule has 0 aromatic heterocycles. The summed E-state index contributed by atoms with van der Waals surface area (Å²) in [6, 6.07) is 0. The van der Waals surface area contributed by atoms with Crippen molar-refractivity contribution in [2.24, 2.45) is 16.8 Å². The van der Waals surface area contributed by atoms with Gasteiger partial charge in [-0.1, -0.05) is 13.3 Å². The highest BCUT2D eigenvalue weighted by molar-refractivity contribution is 14.0. The molecule has 2 N–H and O–H groups in total. The Morgan fingerprint density at radius 2 is 1.81 bits per heavy atom. The first-order valence-electron chi connectivity index (χ1n) is 10.0. The van der Waals surface area contributed by atoms with Gasteiger partial charge in [-0.2, -0.15) is 0 Å². The molecule has 0 aromatic carbocycles. The Balaban J connectivity index is 0.00000338. The molecule has 2 saturated heterocycles. The van der Waals surface area contributed by atoms with E-state index in [1.54, 1.807) is 7.05 Å². The van der Waals surface area contributed by atoms with Gasteiger partial charge in [0.1, 0.15) is 0 Å². The number of halogens is 1. The van der Waals surface area contributed by atoms with Crippen LogP contribution in [0.5, 0.6) is 0 Å². The number of hydrogen-bond acceptors (Lipinski definition) is 3. The number of likely N-dealkylation sites (tertiary alicyclic amines) is 2. The normalized spacial score (nSPS) is 21.0. The average molecular weight is 479 g/mol. The number of rotatable bonds is 6. The molecule has 152 valence electrons. The molecule has 0 aromatic rings. The fourth-order valence-electron chi connectivity index (χ4n) is 3.96. The summed E-state index contributed by atoms with van der Waals surface area (Å²) in [5, 5.41) is 6.30. The quantitative estimate of drug-likeness (QED) is 0.348. The second-order valence-corrected chi connectivity index (χ2v) is 7.70. The van der Waals surface area contributed by atoms with Gasteiger partial charge in [0.15, 0.2) is 5.96 Å². The lowest BCUT2D eigenvalue weighted by Gasteiger charge is -2.35. The highest BCUT2D eigenvalue weighted by Crippen LogP contribution is 2.20. The number of aliphatic imine (C=N–C) groups is 1. The van der Waals surface area contributed by atoms with Gasteiger partial charge in [0, 0.05) is 46.7 Å². The third-order valence-electron chi connectivity index (χ3n) is 5.51. The van der Waals surface area contributed by atoms with Crippen molar-refractivity contribution in [3.8, 4) is 0 Å². The Morgan fingerprint density at radius 3 is 2.38 bits per heavy atom. The minimum atomic E-state index is 0. The molecule has 2 fully saturated rings. The van der Waals surface area contributed by atoms with Gasteiger partial charge in [0.05, 0.1) is 0 Å². The molecule has 0 spiro atoms. The third kappa shape index (κ3) is 7.98. The van der Waals surface area contributed by atoms with Gasteiger partial charge >= 0.3 is 0 Å². The molecule has 0 bridgehead atoms. The van der Waals surface area contributed by atoms with Crippen molar-refractivity contribution in [3.05, 3.63) is 0 Å². The lowest BCUT2D eigenvalue weighted by Crippen LogP contribution is -2.47. The number of hydrogen-bond donors (Lipinski definition) is 2. The number of nitrogens with one attached hydrogen (secondary N) is 2. The lowest BCUT2D eigenvalue weighted by atomic mass is 9.93. The fraction of sp³-hybridized carbons (Fsp3) is 0.895. The molecule has 7 heteroatoms. The maximum absolute atomic E-state index is 11.5. The molecule has 0 radical (unpaired) electrons. The standard InChI is InChI=1S/C19H37N5O.HI/c1-16(15-23-9-5-4-6-10-23)14-22-19(21-3)24-11-7-17(8-12-24)13-18(25)20-2;/h16-17H,4-15H2,1-3H3,(H,20,25)(H,21,22);1H. The summed E-state index contributed by atoms with van der Waals surface area (Å²) in [7, 11) is 3.59. The van der Waals surface area contributed by atoms with Gasteiger partial charge in [-0.15, -0.1) is 24.0 Å². The monoisotopic (exact) mass is 479 g/mol. The van der Waals surface area contributed by atoms with Crippen LogP contribution in [0.4, 0.5) is 0 Å². The van der Waals surface area contributed by atoms with Crippen molar-refractivity contribution in [2.75, 3.05) is 53.4 Å². The summed E-state index contributed by atoms with van der Waals surface area (Å²) in [6.45, 7) is 8.98. The zero-order valence-electron chi connectivity index (χ0n) is 16.8. The average Bonchev–Trinajstić information content (AvgIpc) is 2.64. The molecule has 0 saturated carbocycles. The lowest BCUT2D eigenvalue weighted by molar-refractivity contribution is -0.121. The SMILES string of the molecule is CN=C(NCC(C)CN1CCCCC1)N1CCC(CC(=O)NC)CC1.I. The second-order valence-electron chi connectivity index (χ2n) is 7.70. The van der Waals surface area contributed by atoms with Crippen molar-refractivity contribution < 1.29 is 4.79 Å². The van der Waals surface area contributed by atoms with Crippen LogP contribution in [-0.4, -0.2) is 75.0 Å². The Labute approximate surface area is 176 Å². The molecule has 0 aliphatic carbocycles. The van der Waals surface area contributed by atoms with E-state index in [9.17, 15) is 4.79 Å². The molecule has 6 nitrogen and oxygen atoms in total. The molecule has 1 unspecified atom stereocenters. The van der Waals surface area contributed by atoms with Gasteiger partial charge in [-0.3, -0.25) is 9.79 Å². The van der Waals surface area contributed by atoms with E-state index in [0.29, 0.717) is 18.3 Å². The molecule has 1 amide bonds. The zero-order valence-corrected chi connectivity index (χ0v) is 19.1. The summed E-state index contributed by atoms with van der Waals surface area (Å²) in [5.74, 6) is 2.31. The summed E-state index contributed by atoms with van der Waals surface area (Å²) < 4.78 is 0. The van der Waals surface area contributed by atoms with E-state index in [0.717, 1.165) is 38.4 Å². The topological polar surface area (TPSA) is 60.0 Å². The van der Waals surface area contributed by atoms with Crippen LogP contribution >= 0.6 is 24.0 Å². The summed E-state index contributed by atoms with van der Waals surface area (Å²) in [4.78, 5) is 20.9. The number of carbonyl (C=O) groups is 1. The number of carbonyl (C=O) groups excluding carboxylic acids is 1. The van der Waals surface area contributed by atoms with E-state index in [-0.39, 0.29) is 29.9 Å². The van der Waals surface area contributed by atoms with Crippen molar-refractivity contribution >= 4 is 35.8 Å². The first-order chi connectivity index (χ1) is 12.1. The Morgan fingerprint density at radius 1 is 1.15 bits per heavy atom. The number of amides is 1. The summed E-state index contributed by atoms with van der Waals surface area (Å²) in [6.07, 6.45) is 6.89. The van der Waals surface area contributed by atoms with Crippen molar-refractivity contribution in [3.63, 3.8) is 0 Å². The summed E-state index contributed by atoms with van der Waals surface area (Å²) in [5.41, 5.74) is 0. The van der Waals surface area contributed by atoms with Crippen LogP contribution in [0.2, 0.25) is 0 Å². The van der Waals surface area contributed by atoms with Crippen molar-refractivity contribution in [1.29, 1.82) is 0 Å². The van der Waals surface area contributed by atoms with Crippen LogP contribution in [0.25, 0.3) is 0 Å². The predicted molar refractivity (Wildman–Crippen MR) is 119 cm³/mol. The molecule has 2 aliphatic rings. The molecule has 2 rings (SSSR count). The van der Waals surface area contributed by atoms with Gasteiger partial charge < -0.3 is 20.4 Å². The minimum Gasteiger partial charge on any atom is -0.359 e. The van der Waals surface area contributed by atoms with Gasteiger partial charge in [-0.25, -0.2) is 0 Å². The number of piperidine rings is 2. The number of nitrogens with zero attached hydrogens (tertiary/aromatic N) is 3. The maximum Gasteiger partial charge on any atom is 0.220 e.